The maximum absolute atomic E-state index is 12.4. The first kappa shape index (κ1) is 16.5. The first-order valence-electron chi connectivity index (χ1n) is 7.29. The average Bonchev–Trinajstić information content (AvgIpc) is 2.62. The summed E-state index contributed by atoms with van der Waals surface area (Å²) in [5.41, 5.74) is 0.112. The van der Waals surface area contributed by atoms with Gasteiger partial charge >= 0.3 is 0 Å². The van der Waals surface area contributed by atoms with E-state index in [-0.39, 0.29) is 50.9 Å². The normalized spacial score (nSPS) is 10.7. The van der Waals surface area contributed by atoms with Gasteiger partial charge in [0.05, 0.1) is 26.7 Å². The molecule has 130 valence electrons. The lowest BCUT2D eigenvalue weighted by atomic mass is 10.1. The van der Waals surface area contributed by atoms with E-state index >= 15 is 0 Å². The molecule has 0 bridgehead atoms. The summed E-state index contributed by atoms with van der Waals surface area (Å²) in [6.45, 7) is 0. The van der Waals surface area contributed by atoms with Gasteiger partial charge in [-0.05, 0) is 24.3 Å². The summed E-state index contributed by atoms with van der Waals surface area (Å²) in [4.78, 5) is 12.4. The van der Waals surface area contributed by atoms with Gasteiger partial charge in [0.1, 0.15) is 5.76 Å². The fourth-order valence-electron chi connectivity index (χ4n) is 2.53. The van der Waals surface area contributed by atoms with Gasteiger partial charge in [-0.25, -0.2) is 0 Å². The number of phenols is 2. The van der Waals surface area contributed by atoms with Crippen LogP contribution >= 0.6 is 0 Å². The fourth-order valence-corrected chi connectivity index (χ4v) is 2.53. The summed E-state index contributed by atoms with van der Waals surface area (Å²) in [5, 5.41) is 20.5. The van der Waals surface area contributed by atoms with Crippen LogP contribution in [-0.4, -0.2) is 31.5 Å². The van der Waals surface area contributed by atoms with E-state index in [4.69, 9.17) is 18.6 Å². The highest BCUT2D eigenvalue weighted by atomic mass is 16.5. The van der Waals surface area contributed by atoms with Crippen LogP contribution in [0, 0.1) is 0 Å². The van der Waals surface area contributed by atoms with Gasteiger partial charge in [-0.15, -0.1) is 0 Å². The van der Waals surface area contributed by atoms with E-state index in [1.807, 2.05) is 0 Å². The molecule has 2 N–H and O–H groups in total. The second kappa shape index (κ2) is 6.27. The molecule has 1 heterocycles. The van der Waals surface area contributed by atoms with Crippen molar-refractivity contribution in [3.05, 3.63) is 40.6 Å². The molecular weight excluding hydrogens is 328 g/mol. The molecule has 3 aromatic rings. The zero-order valence-corrected chi connectivity index (χ0v) is 13.8. The third-order valence-corrected chi connectivity index (χ3v) is 3.82. The third kappa shape index (κ3) is 2.69. The van der Waals surface area contributed by atoms with Crippen molar-refractivity contribution in [2.24, 2.45) is 0 Å². The number of aromatic hydroxyl groups is 2. The van der Waals surface area contributed by atoms with Crippen LogP contribution in [0.4, 0.5) is 0 Å². The van der Waals surface area contributed by atoms with E-state index in [0.717, 1.165) is 0 Å². The Hall–Kier alpha value is -3.35. The molecule has 0 saturated carbocycles. The minimum Gasteiger partial charge on any atom is -0.502 e. The van der Waals surface area contributed by atoms with E-state index < -0.39 is 0 Å². The molecule has 0 aliphatic rings. The Labute approximate surface area is 142 Å². The van der Waals surface area contributed by atoms with Crippen molar-refractivity contribution in [2.45, 2.75) is 0 Å². The summed E-state index contributed by atoms with van der Waals surface area (Å²) < 4.78 is 21.0. The van der Waals surface area contributed by atoms with E-state index in [0.29, 0.717) is 5.56 Å². The largest absolute Gasteiger partial charge is 0.502 e. The van der Waals surface area contributed by atoms with Crippen LogP contribution in [0.15, 0.2) is 39.5 Å². The standard InChI is InChI=1S/C18H16O7/c1-22-12-5-4-10-11(19)8-13(25-18(10)17(12)21)9-6-14(23-2)16(20)15(7-9)24-3/h4-8,20-21H,1-3H3. The van der Waals surface area contributed by atoms with E-state index in [1.54, 1.807) is 0 Å². The van der Waals surface area contributed by atoms with E-state index in [1.165, 1.54) is 51.7 Å². The van der Waals surface area contributed by atoms with Crippen molar-refractivity contribution in [3.8, 4) is 40.1 Å². The smallest absolute Gasteiger partial charge is 0.202 e. The maximum atomic E-state index is 12.4. The van der Waals surface area contributed by atoms with Gasteiger partial charge in [-0.1, -0.05) is 0 Å². The number of phenolic OH excluding ortho intramolecular Hbond substituents is 2. The Bertz CT molecular complexity index is 979. The first-order valence-corrected chi connectivity index (χ1v) is 7.29. The molecule has 0 saturated heterocycles. The lowest BCUT2D eigenvalue weighted by Gasteiger charge is -2.12. The quantitative estimate of drug-likeness (QED) is 0.751. The zero-order valence-electron chi connectivity index (χ0n) is 13.8. The average molecular weight is 344 g/mol. The van der Waals surface area contributed by atoms with E-state index in [2.05, 4.69) is 0 Å². The van der Waals surface area contributed by atoms with Crippen LogP contribution in [0.3, 0.4) is 0 Å². The molecule has 7 heteroatoms. The summed E-state index contributed by atoms with van der Waals surface area (Å²) in [7, 11) is 4.19. The number of rotatable bonds is 4. The molecule has 2 aromatic carbocycles. The highest BCUT2D eigenvalue weighted by molar-refractivity contribution is 5.86. The summed E-state index contributed by atoms with van der Waals surface area (Å²) in [5.74, 6) is 0.253. The molecule has 0 amide bonds. The second-order valence-electron chi connectivity index (χ2n) is 5.20. The first-order chi connectivity index (χ1) is 12.0. The maximum Gasteiger partial charge on any atom is 0.202 e. The van der Waals surface area contributed by atoms with Gasteiger partial charge in [-0.3, -0.25) is 4.79 Å². The van der Waals surface area contributed by atoms with Crippen LogP contribution in [0.2, 0.25) is 0 Å². The predicted molar refractivity (Wildman–Crippen MR) is 90.9 cm³/mol. The number of fused-ring (bicyclic) bond motifs is 1. The minimum atomic E-state index is -0.333. The molecule has 3 rings (SSSR count). The molecular formula is C18H16O7. The molecule has 0 aliphatic heterocycles. The Morgan fingerprint density at radius 3 is 2.00 bits per heavy atom. The van der Waals surface area contributed by atoms with Gasteiger partial charge in [-0.2, -0.15) is 0 Å². The fraction of sp³-hybridized carbons (Fsp3) is 0.167. The molecule has 0 unspecified atom stereocenters. The highest BCUT2D eigenvalue weighted by Crippen LogP contribution is 2.41. The number of ether oxygens (including phenoxy) is 3. The monoisotopic (exact) mass is 344 g/mol. The Morgan fingerprint density at radius 2 is 1.44 bits per heavy atom. The second-order valence-corrected chi connectivity index (χ2v) is 5.20. The summed E-state index contributed by atoms with van der Waals surface area (Å²) >= 11 is 0. The Morgan fingerprint density at radius 1 is 0.840 bits per heavy atom. The van der Waals surface area contributed by atoms with Crippen LogP contribution in [-0.2, 0) is 0 Å². The van der Waals surface area contributed by atoms with Crippen molar-refractivity contribution in [3.63, 3.8) is 0 Å². The van der Waals surface area contributed by atoms with Crippen LogP contribution < -0.4 is 19.6 Å². The highest BCUT2D eigenvalue weighted by Gasteiger charge is 2.17. The number of benzene rings is 2. The molecule has 0 radical (unpaired) electrons. The number of hydrogen-bond acceptors (Lipinski definition) is 7. The van der Waals surface area contributed by atoms with Gasteiger partial charge in [0.25, 0.3) is 0 Å². The lowest BCUT2D eigenvalue weighted by Crippen LogP contribution is -2.01. The molecule has 0 fully saturated rings. The van der Waals surface area contributed by atoms with E-state index in [9.17, 15) is 15.0 Å². The third-order valence-electron chi connectivity index (χ3n) is 3.82. The molecule has 0 atom stereocenters. The zero-order chi connectivity index (χ0) is 18.1. The lowest BCUT2D eigenvalue weighted by molar-refractivity contribution is 0.340. The van der Waals surface area contributed by atoms with Crippen molar-refractivity contribution < 1.29 is 28.8 Å². The van der Waals surface area contributed by atoms with Gasteiger partial charge in [0.15, 0.2) is 28.3 Å². The molecule has 7 nitrogen and oxygen atoms in total. The Balaban J connectivity index is 2.29. The number of methoxy groups -OCH3 is 3. The van der Waals surface area contributed by atoms with Crippen molar-refractivity contribution in [1.82, 2.24) is 0 Å². The molecule has 25 heavy (non-hydrogen) atoms. The summed E-state index contributed by atoms with van der Waals surface area (Å²) in [6, 6.07) is 7.29. The van der Waals surface area contributed by atoms with Gasteiger partial charge < -0.3 is 28.8 Å². The van der Waals surface area contributed by atoms with Crippen molar-refractivity contribution in [2.75, 3.05) is 21.3 Å². The molecule has 0 spiro atoms. The van der Waals surface area contributed by atoms with Gasteiger partial charge in [0.2, 0.25) is 11.5 Å². The topological polar surface area (TPSA) is 98.4 Å². The molecule has 0 aliphatic carbocycles. The van der Waals surface area contributed by atoms with Crippen LogP contribution in [0.1, 0.15) is 0 Å². The van der Waals surface area contributed by atoms with Crippen LogP contribution in [0.5, 0.6) is 28.7 Å². The molecule has 1 aromatic heterocycles. The van der Waals surface area contributed by atoms with Crippen molar-refractivity contribution in [1.29, 1.82) is 0 Å². The Kier molecular flexibility index (Phi) is 4.14. The number of hydrogen-bond donors (Lipinski definition) is 2. The predicted octanol–water partition coefficient (Wildman–Crippen LogP) is 2.90. The SMILES string of the molecule is COc1cc(-c2cc(=O)c3ccc(OC)c(O)c3o2)cc(OC)c1O. The summed E-state index contributed by atoms with van der Waals surface area (Å²) in [6.07, 6.45) is 0. The van der Waals surface area contributed by atoms with Crippen molar-refractivity contribution >= 4 is 11.0 Å². The van der Waals surface area contributed by atoms with Crippen LogP contribution in [0.25, 0.3) is 22.3 Å². The van der Waals surface area contributed by atoms with Gasteiger partial charge in [0, 0.05) is 11.6 Å². The minimum absolute atomic E-state index is 0.00728.